The highest BCUT2D eigenvalue weighted by Crippen LogP contribution is 2.25. The maximum Gasteiger partial charge on any atom is 0.144 e. The van der Waals surface area contributed by atoms with Gasteiger partial charge in [0.2, 0.25) is 0 Å². The fourth-order valence-corrected chi connectivity index (χ4v) is 1.85. The smallest absolute Gasteiger partial charge is 0.144 e. The average molecular weight is 223 g/mol. The Bertz CT molecular complexity index is 417. The molecule has 0 N–H and O–H groups in total. The van der Waals surface area contributed by atoms with Crippen LogP contribution in [0.15, 0.2) is 29.4 Å². The SMILES string of the molecule is CC1=NN(c2cccc(Cl)c2)C(C=O)C1. The van der Waals surface area contributed by atoms with Crippen LogP contribution in [-0.2, 0) is 4.79 Å². The Balaban J connectivity index is 2.33. The van der Waals surface area contributed by atoms with Gasteiger partial charge in [0.1, 0.15) is 12.3 Å². The van der Waals surface area contributed by atoms with Crippen molar-refractivity contribution in [2.45, 2.75) is 19.4 Å². The van der Waals surface area contributed by atoms with E-state index in [1.54, 1.807) is 17.1 Å². The number of anilines is 1. The third kappa shape index (κ3) is 2.02. The van der Waals surface area contributed by atoms with Crippen molar-refractivity contribution in [2.24, 2.45) is 5.10 Å². The molecular formula is C11H11ClN2O. The Kier molecular flexibility index (Phi) is 2.73. The Labute approximate surface area is 93.3 Å². The van der Waals surface area contributed by atoms with Gasteiger partial charge in [0.15, 0.2) is 0 Å². The van der Waals surface area contributed by atoms with Crippen LogP contribution in [-0.4, -0.2) is 18.0 Å². The van der Waals surface area contributed by atoms with Crippen LogP contribution in [0, 0.1) is 0 Å². The lowest BCUT2D eigenvalue weighted by molar-refractivity contribution is -0.108. The van der Waals surface area contributed by atoms with Gasteiger partial charge < -0.3 is 4.79 Å². The normalized spacial score (nSPS) is 20.3. The number of aldehydes is 1. The van der Waals surface area contributed by atoms with Gasteiger partial charge in [0.05, 0.1) is 5.69 Å². The van der Waals surface area contributed by atoms with Crippen LogP contribution in [0.4, 0.5) is 5.69 Å². The number of halogens is 1. The summed E-state index contributed by atoms with van der Waals surface area (Å²) in [5, 5.41) is 6.68. The van der Waals surface area contributed by atoms with Crippen LogP contribution < -0.4 is 5.01 Å². The summed E-state index contributed by atoms with van der Waals surface area (Å²) in [4.78, 5) is 10.9. The fourth-order valence-electron chi connectivity index (χ4n) is 1.66. The first-order valence-electron chi connectivity index (χ1n) is 4.75. The summed E-state index contributed by atoms with van der Waals surface area (Å²) in [6, 6.07) is 7.16. The molecular weight excluding hydrogens is 212 g/mol. The molecule has 1 atom stereocenters. The molecule has 1 aliphatic heterocycles. The first-order chi connectivity index (χ1) is 7.20. The third-order valence-electron chi connectivity index (χ3n) is 2.33. The molecule has 3 nitrogen and oxygen atoms in total. The van der Waals surface area contributed by atoms with E-state index in [1.165, 1.54) is 0 Å². The highest BCUT2D eigenvalue weighted by atomic mass is 35.5. The molecule has 0 amide bonds. The Morgan fingerprint density at radius 2 is 2.40 bits per heavy atom. The van der Waals surface area contributed by atoms with Crippen molar-refractivity contribution in [3.63, 3.8) is 0 Å². The molecule has 78 valence electrons. The molecule has 0 saturated carbocycles. The van der Waals surface area contributed by atoms with Gasteiger partial charge in [0, 0.05) is 17.2 Å². The van der Waals surface area contributed by atoms with Crippen molar-refractivity contribution in [3.05, 3.63) is 29.3 Å². The van der Waals surface area contributed by atoms with Crippen LogP contribution in [0.1, 0.15) is 13.3 Å². The van der Waals surface area contributed by atoms with Crippen LogP contribution in [0.3, 0.4) is 0 Å². The monoisotopic (exact) mass is 222 g/mol. The molecule has 1 aromatic rings. The largest absolute Gasteiger partial charge is 0.301 e. The summed E-state index contributed by atoms with van der Waals surface area (Å²) >= 11 is 5.89. The summed E-state index contributed by atoms with van der Waals surface area (Å²) < 4.78 is 0. The number of hydrogen-bond donors (Lipinski definition) is 0. The third-order valence-corrected chi connectivity index (χ3v) is 2.56. The van der Waals surface area contributed by atoms with Crippen molar-refractivity contribution in [3.8, 4) is 0 Å². The molecule has 1 aromatic carbocycles. The van der Waals surface area contributed by atoms with Gasteiger partial charge in [-0.05, 0) is 25.1 Å². The number of benzene rings is 1. The van der Waals surface area contributed by atoms with E-state index in [1.807, 2.05) is 19.1 Å². The molecule has 0 fully saturated rings. The summed E-state index contributed by atoms with van der Waals surface area (Å²) in [6.07, 6.45) is 1.61. The minimum absolute atomic E-state index is 0.191. The first-order valence-corrected chi connectivity index (χ1v) is 5.12. The molecule has 1 aliphatic rings. The highest BCUT2D eigenvalue weighted by molar-refractivity contribution is 6.30. The average Bonchev–Trinajstić information content (AvgIpc) is 2.59. The molecule has 4 heteroatoms. The summed E-state index contributed by atoms with van der Waals surface area (Å²) in [6.45, 7) is 1.92. The molecule has 0 aliphatic carbocycles. The second-order valence-corrected chi connectivity index (χ2v) is 4.00. The minimum atomic E-state index is -0.191. The van der Waals surface area contributed by atoms with Crippen LogP contribution >= 0.6 is 11.6 Å². The maximum atomic E-state index is 10.9. The maximum absolute atomic E-state index is 10.9. The number of nitrogens with zero attached hydrogens (tertiary/aromatic N) is 2. The summed E-state index contributed by atoms with van der Waals surface area (Å²) in [5.74, 6) is 0. The molecule has 1 heterocycles. The predicted octanol–water partition coefficient (Wildman–Crippen LogP) is 2.49. The van der Waals surface area contributed by atoms with Gasteiger partial charge in [-0.3, -0.25) is 5.01 Å². The van der Waals surface area contributed by atoms with Gasteiger partial charge in [-0.15, -0.1) is 0 Å². The number of carbonyl (C=O) groups is 1. The zero-order valence-electron chi connectivity index (χ0n) is 8.35. The highest BCUT2D eigenvalue weighted by Gasteiger charge is 2.24. The van der Waals surface area contributed by atoms with Crippen molar-refractivity contribution in [2.75, 3.05) is 5.01 Å². The molecule has 0 spiro atoms. The van der Waals surface area contributed by atoms with E-state index >= 15 is 0 Å². The lowest BCUT2D eigenvalue weighted by atomic mass is 10.2. The van der Waals surface area contributed by atoms with Crippen LogP contribution in [0.5, 0.6) is 0 Å². The van der Waals surface area contributed by atoms with Crippen molar-refractivity contribution in [1.82, 2.24) is 0 Å². The second-order valence-electron chi connectivity index (χ2n) is 3.57. The molecule has 0 bridgehead atoms. The number of hydrogen-bond acceptors (Lipinski definition) is 3. The number of hydrazone groups is 1. The van der Waals surface area contributed by atoms with Gasteiger partial charge in [-0.25, -0.2) is 0 Å². The molecule has 0 saturated heterocycles. The summed E-state index contributed by atoms with van der Waals surface area (Å²) in [5.41, 5.74) is 1.82. The standard InChI is InChI=1S/C11H11ClN2O/c1-8-5-11(7-15)14(13-8)10-4-2-3-9(12)6-10/h2-4,6-7,11H,5H2,1H3. The Morgan fingerprint density at radius 1 is 1.60 bits per heavy atom. The number of rotatable bonds is 2. The Morgan fingerprint density at radius 3 is 3.07 bits per heavy atom. The van der Waals surface area contributed by atoms with E-state index in [0.717, 1.165) is 17.7 Å². The lowest BCUT2D eigenvalue weighted by Crippen LogP contribution is -2.27. The number of carbonyl (C=O) groups excluding carboxylic acids is 1. The van der Waals surface area contributed by atoms with E-state index in [4.69, 9.17) is 11.6 Å². The molecule has 0 radical (unpaired) electrons. The van der Waals surface area contributed by atoms with E-state index in [0.29, 0.717) is 11.4 Å². The first kappa shape index (κ1) is 10.2. The molecule has 15 heavy (non-hydrogen) atoms. The van der Waals surface area contributed by atoms with Crippen molar-refractivity contribution >= 4 is 29.3 Å². The van der Waals surface area contributed by atoms with Crippen molar-refractivity contribution in [1.29, 1.82) is 0 Å². The van der Waals surface area contributed by atoms with Gasteiger partial charge in [-0.1, -0.05) is 17.7 Å². The second kappa shape index (κ2) is 4.03. The predicted molar refractivity (Wildman–Crippen MR) is 61.5 cm³/mol. The lowest BCUT2D eigenvalue weighted by Gasteiger charge is -2.18. The minimum Gasteiger partial charge on any atom is -0.301 e. The zero-order valence-corrected chi connectivity index (χ0v) is 9.11. The van der Waals surface area contributed by atoms with Gasteiger partial charge in [0.25, 0.3) is 0 Å². The fraction of sp³-hybridized carbons (Fsp3) is 0.273. The van der Waals surface area contributed by atoms with E-state index in [9.17, 15) is 4.79 Å². The van der Waals surface area contributed by atoms with Gasteiger partial charge >= 0.3 is 0 Å². The van der Waals surface area contributed by atoms with E-state index < -0.39 is 0 Å². The topological polar surface area (TPSA) is 32.7 Å². The van der Waals surface area contributed by atoms with E-state index in [2.05, 4.69) is 5.10 Å². The van der Waals surface area contributed by atoms with E-state index in [-0.39, 0.29) is 6.04 Å². The van der Waals surface area contributed by atoms with Crippen LogP contribution in [0.25, 0.3) is 0 Å². The van der Waals surface area contributed by atoms with Gasteiger partial charge in [-0.2, -0.15) is 5.10 Å². The molecule has 0 aromatic heterocycles. The summed E-state index contributed by atoms with van der Waals surface area (Å²) in [7, 11) is 0. The zero-order chi connectivity index (χ0) is 10.8. The van der Waals surface area contributed by atoms with Crippen LogP contribution in [0.2, 0.25) is 5.02 Å². The Hall–Kier alpha value is -1.35. The molecule has 1 unspecified atom stereocenters. The quantitative estimate of drug-likeness (QED) is 0.721. The van der Waals surface area contributed by atoms with Crippen molar-refractivity contribution < 1.29 is 4.79 Å². The molecule has 2 rings (SSSR count).